The number of carbonyl (C=O) groups is 1. The van der Waals surface area contributed by atoms with Crippen molar-refractivity contribution in [3.63, 3.8) is 0 Å². The number of rotatable bonds is 4. The summed E-state index contributed by atoms with van der Waals surface area (Å²) in [4.78, 5) is 13.5. The number of alkyl halides is 2. The molecule has 0 bridgehead atoms. The number of halogens is 2. The van der Waals surface area contributed by atoms with Crippen molar-refractivity contribution in [3.8, 4) is 5.75 Å². The van der Waals surface area contributed by atoms with Crippen molar-refractivity contribution in [1.29, 1.82) is 0 Å². The van der Waals surface area contributed by atoms with E-state index < -0.39 is 6.61 Å². The first kappa shape index (κ1) is 15.8. The Hall–Kier alpha value is -2.08. The fourth-order valence-electron chi connectivity index (χ4n) is 2.52. The number of fused-ring (bicyclic) bond motifs is 1. The molecule has 6 heteroatoms. The summed E-state index contributed by atoms with van der Waals surface area (Å²) in [6.07, 6.45) is 0.861. The molecule has 1 aliphatic rings. The summed E-state index contributed by atoms with van der Waals surface area (Å²) in [5, 5.41) is 3.01. The molecule has 0 spiro atoms. The maximum atomic E-state index is 12.3. The van der Waals surface area contributed by atoms with Gasteiger partial charge in [0, 0.05) is 16.2 Å². The maximum absolute atomic E-state index is 12.3. The molecule has 2 aromatic rings. The minimum atomic E-state index is -2.87. The van der Waals surface area contributed by atoms with Crippen LogP contribution in [-0.2, 0) is 0 Å². The third-order valence-corrected chi connectivity index (χ3v) is 4.73. The van der Waals surface area contributed by atoms with Crippen LogP contribution in [0.25, 0.3) is 0 Å². The van der Waals surface area contributed by atoms with Crippen LogP contribution in [0.4, 0.5) is 8.78 Å². The van der Waals surface area contributed by atoms with Crippen molar-refractivity contribution in [1.82, 2.24) is 5.32 Å². The van der Waals surface area contributed by atoms with Gasteiger partial charge < -0.3 is 10.1 Å². The zero-order valence-corrected chi connectivity index (χ0v) is 13.0. The first-order valence-corrected chi connectivity index (χ1v) is 8.19. The Balaban J connectivity index is 1.70. The van der Waals surface area contributed by atoms with Crippen molar-refractivity contribution in [2.24, 2.45) is 0 Å². The minimum Gasteiger partial charge on any atom is -0.435 e. The van der Waals surface area contributed by atoms with Crippen LogP contribution in [0.3, 0.4) is 0 Å². The molecule has 120 valence electrons. The average molecular weight is 335 g/mol. The van der Waals surface area contributed by atoms with Crippen LogP contribution in [0.2, 0.25) is 0 Å². The molecular weight excluding hydrogens is 320 g/mol. The number of hydrogen-bond donors (Lipinski definition) is 1. The molecule has 0 aromatic heterocycles. The van der Waals surface area contributed by atoms with Crippen LogP contribution < -0.4 is 10.1 Å². The van der Waals surface area contributed by atoms with Gasteiger partial charge in [-0.3, -0.25) is 4.79 Å². The Morgan fingerprint density at radius 1 is 1.17 bits per heavy atom. The molecule has 1 N–H and O–H groups in total. The molecular formula is C17H15F2NO2S. The Morgan fingerprint density at radius 3 is 2.65 bits per heavy atom. The fourth-order valence-corrected chi connectivity index (χ4v) is 3.65. The minimum absolute atomic E-state index is 0.0306. The lowest BCUT2D eigenvalue weighted by atomic mass is 10.0. The van der Waals surface area contributed by atoms with Gasteiger partial charge in [0.25, 0.3) is 5.91 Å². The number of carbonyl (C=O) groups excluding carboxylic acids is 1. The monoisotopic (exact) mass is 335 g/mol. The lowest BCUT2D eigenvalue weighted by molar-refractivity contribution is -0.0498. The summed E-state index contributed by atoms with van der Waals surface area (Å²) in [5.74, 6) is 0.764. The summed E-state index contributed by atoms with van der Waals surface area (Å²) >= 11 is 1.78. The molecule has 1 atom stereocenters. The van der Waals surface area contributed by atoms with Crippen LogP contribution >= 0.6 is 11.8 Å². The second kappa shape index (κ2) is 7.00. The summed E-state index contributed by atoms with van der Waals surface area (Å²) in [6, 6.07) is 13.7. The third kappa shape index (κ3) is 3.82. The molecule has 0 saturated carbocycles. The van der Waals surface area contributed by atoms with Gasteiger partial charge in [-0.1, -0.05) is 18.2 Å². The Bertz CT molecular complexity index is 691. The van der Waals surface area contributed by atoms with E-state index in [0.717, 1.165) is 17.7 Å². The highest BCUT2D eigenvalue weighted by Crippen LogP contribution is 2.35. The quantitative estimate of drug-likeness (QED) is 0.907. The number of benzene rings is 2. The van der Waals surface area contributed by atoms with Crippen molar-refractivity contribution in [3.05, 3.63) is 59.7 Å². The maximum Gasteiger partial charge on any atom is 0.387 e. The third-order valence-electron chi connectivity index (χ3n) is 3.61. The van der Waals surface area contributed by atoms with E-state index in [2.05, 4.69) is 16.1 Å². The molecule has 0 unspecified atom stereocenters. The lowest BCUT2D eigenvalue weighted by Gasteiger charge is -2.25. The molecule has 1 heterocycles. The first-order valence-electron chi connectivity index (χ1n) is 7.21. The van der Waals surface area contributed by atoms with Gasteiger partial charge in [0.15, 0.2) is 0 Å². The summed E-state index contributed by atoms with van der Waals surface area (Å²) in [7, 11) is 0. The van der Waals surface area contributed by atoms with E-state index in [1.165, 1.54) is 29.2 Å². The molecule has 3 rings (SSSR count). The highest BCUT2D eigenvalue weighted by Gasteiger charge is 2.22. The van der Waals surface area contributed by atoms with Gasteiger partial charge in [0.05, 0.1) is 6.04 Å². The lowest BCUT2D eigenvalue weighted by Crippen LogP contribution is -2.30. The highest BCUT2D eigenvalue weighted by atomic mass is 32.2. The number of amides is 1. The molecule has 0 fully saturated rings. The summed E-state index contributed by atoms with van der Waals surface area (Å²) < 4.78 is 28.5. The molecule has 0 saturated heterocycles. The van der Waals surface area contributed by atoms with E-state index in [4.69, 9.17) is 0 Å². The molecule has 1 amide bonds. The number of thioether (sulfide) groups is 1. The topological polar surface area (TPSA) is 38.3 Å². The van der Waals surface area contributed by atoms with E-state index in [9.17, 15) is 13.6 Å². The summed E-state index contributed by atoms with van der Waals surface area (Å²) in [5.41, 5.74) is 1.54. The molecule has 0 aliphatic carbocycles. The van der Waals surface area contributed by atoms with E-state index in [0.29, 0.717) is 5.56 Å². The normalized spacial score (nSPS) is 16.7. The van der Waals surface area contributed by atoms with Crippen LogP contribution in [0.15, 0.2) is 53.4 Å². The van der Waals surface area contributed by atoms with E-state index in [-0.39, 0.29) is 17.7 Å². The van der Waals surface area contributed by atoms with Gasteiger partial charge in [-0.05, 0) is 42.3 Å². The molecule has 3 nitrogen and oxygen atoms in total. The van der Waals surface area contributed by atoms with Crippen molar-refractivity contribution in [2.45, 2.75) is 24.0 Å². The van der Waals surface area contributed by atoms with Crippen LogP contribution in [0.1, 0.15) is 28.4 Å². The van der Waals surface area contributed by atoms with Gasteiger partial charge in [0.1, 0.15) is 5.75 Å². The first-order chi connectivity index (χ1) is 11.1. The highest BCUT2D eigenvalue weighted by molar-refractivity contribution is 7.99. The van der Waals surface area contributed by atoms with Crippen molar-refractivity contribution >= 4 is 17.7 Å². The van der Waals surface area contributed by atoms with Gasteiger partial charge in [0.2, 0.25) is 0 Å². The van der Waals surface area contributed by atoms with Crippen molar-refractivity contribution in [2.75, 3.05) is 5.75 Å². The zero-order chi connectivity index (χ0) is 16.2. The van der Waals surface area contributed by atoms with Gasteiger partial charge >= 0.3 is 6.61 Å². The molecule has 1 aliphatic heterocycles. The van der Waals surface area contributed by atoms with Gasteiger partial charge in [-0.2, -0.15) is 8.78 Å². The SMILES string of the molecule is O=C(N[C@H]1CCSc2ccccc21)c1ccc(OC(F)F)cc1. The fraction of sp³-hybridized carbons (Fsp3) is 0.235. The number of ether oxygens (including phenoxy) is 1. The van der Waals surface area contributed by atoms with E-state index >= 15 is 0 Å². The van der Waals surface area contributed by atoms with Crippen LogP contribution in [0.5, 0.6) is 5.75 Å². The molecule has 2 aromatic carbocycles. The average Bonchev–Trinajstić information content (AvgIpc) is 2.55. The second-order valence-corrected chi connectivity index (χ2v) is 6.24. The molecule has 0 radical (unpaired) electrons. The van der Waals surface area contributed by atoms with Gasteiger partial charge in [-0.15, -0.1) is 11.8 Å². The predicted molar refractivity (Wildman–Crippen MR) is 85.1 cm³/mol. The Labute approximate surface area is 137 Å². The summed E-state index contributed by atoms with van der Waals surface area (Å²) in [6.45, 7) is -2.87. The second-order valence-electron chi connectivity index (χ2n) is 5.10. The Kier molecular flexibility index (Phi) is 4.81. The van der Waals surface area contributed by atoms with Gasteiger partial charge in [-0.25, -0.2) is 0 Å². The number of nitrogens with one attached hydrogen (secondary N) is 1. The standard InChI is InChI=1S/C17H15F2NO2S/c18-17(19)22-12-7-5-11(6-8-12)16(21)20-14-9-10-23-15-4-2-1-3-13(14)15/h1-8,14,17H,9-10H2,(H,20,21)/t14-/m0/s1. The Morgan fingerprint density at radius 2 is 1.91 bits per heavy atom. The van der Waals surface area contributed by atoms with Crippen LogP contribution in [-0.4, -0.2) is 18.3 Å². The largest absolute Gasteiger partial charge is 0.435 e. The molecule has 23 heavy (non-hydrogen) atoms. The van der Waals surface area contributed by atoms with Crippen LogP contribution in [0, 0.1) is 0 Å². The van der Waals surface area contributed by atoms with E-state index in [1.807, 2.05) is 18.2 Å². The number of hydrogen-bond acceptors (Lipinski definition) is 3. The predicted octanol–water partition coefficient (Wildman–Crippen LogP) is 4.25. The van der Waals surface area contributed by atoms with Crippen molar-refractivity contribution < 1.29 is 18.3 Å². The smallest absolute Gasteiger partial charge is 0.387 e. The van der Waals surface area contributed by atoms with E-state index in [1.54, 1.807) is 11.8 Å². The zero-order valence-electron chi connectivity index (χ0n) is 12.2.